The largest absolute Gasteiger partial charge is 0.381 e. The number of likely N-dealkylation sites (N-methyl/N-ethyl adjacent to an activating group) is 1. The Morgan fingerprint density at radius 1 is 1.35 bits per heavy atom. The minimum absolute atomic E-state index is 0.0341. The molecule has 0 aromatic rings. The van der Waals surface area contributed by atoms with Gasteiger partial charge in [-0.05, 0) is 18.4 Å². The van der Waals surface area contributed by atoms with Gasteiger partial charge in [0, 0.05) is 25.1 Å². The van der Waals surface area contributed by atoms with Crippen LogP contribution in [-0.4, -0.2) is 49.1 Å². The topological polar surface area (TPSA) is 58.6 Å². The number of imide groups is 1. The van der Waals surface area contributed by atoms with Crippen molar-refractivity contribution in [1.29, 1.82) is 0 Å². The lowest BCUT2D eigenvalue weighted by molar-refractivity contribution is -0.143. The molecule has 3 fully saturated rings. The molecule has 2 saturated heterocycles. The molecule has 3 rings (SSSR count). The average molecular weight is 280 g/mol. The molecular formula is C15H24N2O3. The molecule has 1 aliphatic carbocycles. The summed E-state index contributed by atoms with van der Waals surface area (Å²) in [6, 6.07) is 0.163. The highest BCUT2D eigenvalue weighted by molar-refractivity contribution is 6.10. The van der Waals surface area contributed by atoms with Crippen LogP contribution in [-0.2, 0) is 14.3 Å². The first-order valence-corrected chi connectivity index (χ1v) is 7.64. The summed E-state index contributed by atoms with van der Waals surface area (Å²) >= 11 is 0. The molecule has 0 aromatic heterocycles. The van der Waals surface area contributed by atoms with Gasteiger partial charge in [0.05, 0.1) is 18.4 Å². The predicted molar refractivity (Wildman–Crippen MR) is 73.9 cm³/mol. The Labute approximate surface area is 120 Å². The fourth-order valence-electron chi connectivity index (χ4n) is 3.89. The fraction of sp³-hybridized carbons (Fsp3) is 0.867. The molecule has 0 aromatic carbocycles. The number of hydrogen-bond acceptors (Lipinski definition) is 4. The number of nitrogens with zero attached hydrogens (tertiary/aromatic N) is 1. The molecule has 4 atom stereocenters. The van der Waals surface area contributed by atoms with Gasteiger partial charge >= 0.3 is 0 Å². The Morgan fingerprint density at radius 2 is 2.00 bits per heavy atom. The Kier molecular flexibility index (Phi) is 3.37. The summed E-state index contributed by atoms with van der Waals surface area (Å²) in [5.74, 6) is 0.327. The van der Waals surface area contributed by atoms with Crippen molar-refractivity contribution in [3.05, 3.63) is 0 Å². The molecule has 5 heteroatoms. The molecule has 4 unspecified atom stereocenters. The Bertz CT molecular complexity index is 405. The standard InChI is InChI=1S/C15H24N2O3/c1-4-16-10(9-5-6-20-8-9)7-17-13(18)11-12(14(17)19)15(11,2)3/h9-12,16H,4-8H2,1-3H3. The minimum atomic E-state index is -0.116. The van der Waals surface area contributed by atoms with Crippen LogP contribution in [0.15, 0.2) is 0 Å². The van der Waals surface area contributed by atoms with Crippen LogP contribution < -0.4 is 5.32 Å². The summed E-state index contributed by atoms with van der Waals surface area (Å²) in [4.78, 5) is 26.2. The van der Waals surface area contributed by atoms with Crippen LogP contribution in [0.3, 0.4) is 0 Å². The number of carbonyl (C=O) groups is 2. The SMILES string of the molecule is CCNC(CN1C(=O)C2C(C1=O)C2(C)C)C1CCOC1. The van der Waals surface area contributed by atoms with E-state index in [1.54, 1.807) is 0 Å². The summed E-state index contributed by atoms with van der Waals surface area (Å²) in [5.41, 5.74) is -0.116. The van der Waals surface area contributed by atoms with Crippen molar-refractivity contribution in [2.45, 2.75) is 33.2 Å². The zero-order valence-electron chi connectivity index (χ0n) is 12.5. The second-order valence-electron chi connectivity index (χ2n) is 6.85. The van der Waals surface area contributed by atoms with E-state index in [0.717, 1.165) is 26.2 Å². The molecule has 1 N–H and O–H groups in total. The van der Waals surface area contributed by atoms with Crippen LogP contribution in [0, 0.1) is 23.2 Å². The third-order valence-corrected chi connectivity index (χ3v) is 5.27. The summed E-state index contributed by atoms with van der Waals surface area (Å²) in [6.45, 7) is 8.94. The van der Waals surface area contributed by atoms with Gasteiger partial charge < -0.3 is 10.1 Å². The lowest BCUT2D eigenvalue weighted by Gasteiger charge is -2.29. The monoisotopic (exact) mass is 280 g/mol. The van der Waals surface area contributed by atoms with E-state index >= 15 is 0 Å². The number of fused-ring (bicyclic) bond motifs is 1. The summed E-state index contributed by atoms with van der Waals surface area (Å²) in [5, 5.41) is 3.42. The van der Waals surface area contributed by atoms with E-state index in [9.17, 15) is 9.59 Å². The van der Waals surface area contributed by atoms with Crippen molar-refractivity contribution in [1.82, 2.24) is 10.2 Å². The number of carbonyl (C=O) groups excluding carboxylic acids is 2. The van der Waals surface area contributed by atoms with Crippen molar-refractivity contribution in [3.63, 3.8) is 0 Å². The van der Waals surface area contributed by atoms with Crippen molar-refractivity contribution in [2.24, 2.45) is 23.2 Å². The predicted octanol–water partition coefficient (Wildman–Crippen LogP) is 0.642. The van der Waals surface area contributed by atoms with E-state index in [-0.39, 0.29) is 35.1 Å². The van der Waals surface area contributed by atoms with Crippen LogP contribution in [0.25, 0.3) is 0 Å². The number of hydrogen-bond donors (Lipinski definition) is 1. The van der Waals surface area contributed by atoms with E-state index in [1.807, 2.05) is 13.8 Å². The van der Waals surface area contributed by atoms with E-state index in [0.29, 0.717) is 12.5 Å². The maximum absolute atomic E-state index is 12.4. The number of likely N-dealkylation sites (tertiary alicyclic amines) is 1. The molecule has 0 spiro atoms. The Balaban J connectivity index is 1.67. The lowest BCUT2D eigenvalue weighted by Crippen LogP contribution is -2.49. The first-order valence-electron chi connectivity index (χ1n) is 7.64. The molecule has 112 valence electrons. The van der Waals surface area contributed by atoms with Gasteiger partial charge in [-0.15, -0.1) is 0 Å². The smallest absolute Gasteiger partial charge is 0.233 e. The third-order valence-electron chi connectivity index (χ3n) is 5.27. The highest BCUT2D eigenvalue weighted by atomic mass is 16.5. The second kappa shape index (κ2) is 4.81. The molecule has 2 amide bonds. The molecule has 2 heterocycles. The van der Waals surface area contributed by atoms with Crippen molar-refractivity contribution in [3.8, 4) is 0 Å². The van der Waals surface area contributed by atoms with Crippen LogP contribution >= 0.6 is 0 Å². The minimum Gasteiger partial charge on any atom is -0.381 e. The maximum Gasteiger partial charge on any atom is 0.233 e. The van der Waals surface area contributed by atoms with Gasteiger partial charge in [0.1, 0.15) is 0 Å². The van der Waals surface area contributed by atoms with Crippen LogP contribution in [0.1, 0.15) is 27.2 Å². The van der Waals surface area contributed by atoms with Crippen molar-refractivity contribution in [2.75, 3.05) is 26.3 Å². The van der Waals surface area contributed by atoms with Gasteiger partial charge in [-0.1, -0.05) is 20.8 Å². The zero-order chi connectivity index (χ0) is 14.5. The summed E-state index contributed by atoms with van der Waals surface area (Å²) < 4.78 is 5.44. The number of piperidine rings is 1. The Morgan fingerprint density at radius 3 is 2.50 bits per heavy atom. The van der Waals surface area contributed by atoms with E-state index in [2.05, 4.69) is 12.2 Å². The number of amides is 2. The average Bonchev–Trinajstić information content (AvgIpc) is 2.76. The highest BCUT2D eigenvalue weighted by Crippen LogP contribution is 2.63. The lowest BCUT2D eigenvalue weighted by atomic mass is 9.97. The first kappa shape index (κ1) is 14.0. The maximum atomic E-state index is 12.4. The van der Waals surface area contributed by atoms with Gasteiger partial charge in [-0.2, -0.15) is 0 Å². The molecule has 5 nitrogen and oxygen atoms in total. The molecular weight excluding hydrogens is 256 g/mol. The van der Waals surface area contributed by atoms with Gasteiger partial charge in [0.2, 0.25) is 11.8 Å². The molecule has 1 saturated carbocycles. The molecule has 20 heavy (non-hydrogen) atoms. The number of rotatable bonds is 5. The van der Waals surface area contributed by atoms with Crippen molar-refractivity contribution < 1.29 is 14.3 Å². The van der Waals surface area contributed by atoms with E-state index in [4.69, 9.17) is 4.74 Å². The van der Waals surface area contributed by atoms with Crippen LogP contribution in [0.2, 0.25) is 0 Å². The first-order chi connectivity index (χ1) is 9.48. The van der Waals surface area contributed by atoms with E-state index in [1.165, 1.54) is 4.90 Å². The quantitative estimate of drug-likeness (QED) is 0.751. The number of ether oxygens (including phenoxy) is 1. The summed E-state index contributed by atoms with van der Waals surface area (Å²) in [7, 11) is 0. The Hall–Kier alpha value is -0.940. The van der Waals surface area contributed by atoms with Gasteiger partial charge in [-0.25, -0.2) is 0 Å². The molecule has 0 radical (unpaired) electrons. The van der Waals surface area contributed by atoms with Gasteiger partial charge in [0.15, 0.2) is 0 Å². The fourth-order valence-corrected chi connectivity index (χ4v) is 3.89. The van der Waals surface area contributed by atoms with Crippen molar-refractivity contribution >= 4 is 11.8 Å². The molecule has 2 aliphatic heterocycles. The van der Waals surface area contributed by atoms with Crippen LogP contribution in [0.5, 0.6) is 0 Å². The summed E-state index contributed by atoms with van der Waals surface area (Å²) in [6.07, 6.45) is 1.01. The zero-order valence-corrected chi connectivity index (χ0v) is 12.5. The second-order valence-corrected chi connectivity index (χ2v) is 6.85. The van der Waals surface area contributed by atoms with E-state index < -0.39 is 0 Å². The van der Waals surface area contributed by atoms with Crippen LogP contribution in [0.4, 0.5) is 0 Å². The third kappa shape index (κ3) is 1.99. The number of nitrogens with one attached hydrogen (secondary N) is 1. The normalized spacial score (nSPS) is 36.4. The molecule has 3 aliphatic rings. The van der Waals surface area contributed by atoms with Gasteiger partial charge in [0.25, 0.3) is 0 Å². The van der Waals surface area contributed by atoms with Gasteiger partial charge in [-0.3, -0.25) is 14.5 Å². The molecule has 0 bridgehead atoms. The highest BCUT2D eigenvalue weighted by Gasteiger charge is 2.72.